The third kappa shape index (κ3) is 1.95. The summed E-state index contributed by atoms with van der Waals surface area (Å²) in [5.74, 6) is -0.191. The molecular weight excluding hydrogens is 240 g/mol. The summed E-state index contributed by atoms with van der Waals surface area (Å²) in [6.07, 6.45) is 0. The van der Waals surface area contributed by atoms with Gasteiger partial charge in [0.05, 0.1) is 0 Å². The van der Waals surface area contributed by atoms with Crippen LogP contribution in [0.5, 0.6) is 0 Å². The van der Waals surface area contributed by atoms with E-state index in [0.717, 1.165) is 18.7 Å². The molecule has 2 aliphatic heterocycles. The second kappa shape index (κ2) is 4.62. The molecule has 3 rings (SSSR count). The molecule has 102 valence electrons. The van der Waals surface area contributed by atoms with E-state index in [1.165, 1.54) is 0 Å². The van der Waals surface area contributed by atoms with Gasteiger partial charge in [0.25, 0.3) is 0 Å². The van der Waals surface area contributed by atoms with Gasteiger partial charge < -0.3 is 10.0 Å². The normalized spacial score (nSPS) is 32.6. The van der Waals surface area contributed by atoms with Gasteiger partial charge in [0.2, 0.25) is 0 Å². The summed E-state index contributed by atoms with van der Waals surface area (Å²) in [4.78, 5) is 16.2. The Labute approximate surface area is 113 Å². The van der Waals surface area contributed by atoms with Crippen molar-refractivity contribution in [3.8, 4) is 0 Å². The van der Waals surface area contributed by atoms with E-state index in [0.29, 0.717) is 18.0 Å². The van der Waals surface area contributed by atoms with E-state index >= 15 is 0 Å². The topological polar surface area (TPSA) is 43.8 Å². The number of nitrogens with zero attached hydrogens (tertiary/aromatic N) is 2. The lowest BCUT2D eigenvalue weighted by Crippen LogP contribution is -2.47. The average molecular weight is 260 g/mol. The Bertz CT molecular complexity index is 476. The van der Waals surface area contributed by atoms with Crippen LogP contribution in [-0.4, -0.2) is 53.1 Å². The largest absolute Gasteiger partial charge is 0.480 e. The fraction of sp³-hybridized carbons (Fsp3) is 0.533. The third-order valence-corrected chi connectivity index (χ3v) is 4.76. The van der Waals surface area contributed by atoms with E-state index in [9.17, 15) is 9.90 Å². The van der Waals surface area contributed by atoms with Crippen molar-refractivity contribution in [1.82, 2.24) is 9.80 Å². The standard InChI is InChI=1S/C15H20N2O2/c1-10-12-9-17(13(10)8-16(12)2)14(15(18)19)11-6-4-3-5-7-11/h3-7,10,12-14H,8-9H2,1-2H3,(H,18,19)/t10-,12-,13?,14?/m0/s1. The van der Waals surface area contributed by atoms with Crippen LogP contribution in [0.15, 0.2) is 30.3 Å². The lowest BCUT2D eigenvalue weighted by molar-refractivity contribution is -0.144. The highest BCUT2D eigenvalue weighted by Gasteiger charge is 2.51. The molecular formula is C15H20N2O2. The van der Waals surface area contributed by atoms with Crippen LogP contribution in [0.4, 0.5) is 0 Å². The molecule has 2 fully saturated rings. The van der Waals surface area contributed by atoms with Gasteiger partial charge in [0.15, 0.2) is 0 Å². The van der Waals surface area contributed by atoms with E-state index in [1.54, 1.807) is 0 Å². The molecule has 1 aromatic rings. The Hall–Kier alpha value is -1.39. The van der Waals surface area contributed by atoms with Crippen molar-refractivity contribution in [3.05, 3.63) is 35.9 Å². The van der Waals surface area contributed by atoms with Gasteiger partial charge in [-0.3, -0.25) is 9.69 Å². The molecule has 2 heterocycles. The van der Waals surface area contributed by atoms with Crippen LogP contribution < -0.4 is 0 Å². The molecule has 4 heteroatoms. The Morgan fingerprint density at radius 3 is 2.42 bits per heavy atom. The third-order valence-electron chi connectivity index (χ3n) is 4.76. The maximum Gasteiger partial charge on any atom is 0.325 e. The van der Waals surface area contributed by atoms with Crippen molar-refractivity contribution in [1.29, 1.82) is 0 Å². The van der Waals surface area contributed by atoms with Crippen LogP contribution in [-0.2, 0) is 4.79 Å². The quantitative estimate of drug-likeness (QED) is 0.893. The van der Waals surface area contributed by atoms with Crippen molar-refractivity contribution in [2.24, 2.45) is 5.92 Å². The number of rotatable bonds is 3. The number of hydrogen-bond donors (Lipinski definition) is 1. The molecule has 0 aliphatic carbocycles. The fourth-order valence-corrected chi connectivity index (χ4v) is 3.73. The Balaban J connectivity index is 1.90. The molecule has 2 unspecified atom stereocenters. The van der Waals surface area contributed by atoms with Crippen molar-refractivity contribution >= 4 is 5.97 Å². The maximum absolute atomic E-state index is 11.7. The van der Waals surface area contributed by atoms with Crippen molar-refractivity contribution in [2.45, 2.75) is 25.0 Å². The van der Waals surface area contributed by atoms with Gasteiger partial charge in [-0.2, -0.15) is 0 Å². The van der Waals surface area contributed by atoms with E-state index in [4.69, 9.17) is 0 Å². The second-order valence-electron chi connectivity index (χ2n) is 5.78. The lowest BCUT2D eigenvalue weighted by atomic mass is 10.0. The van der Waals surface area contributed by atoms with E-state index in [-0.39, 0.29) is 0 Å². The summed E-state index contributed by atoms with van der Waals surface area (Å²) in [5.41, 5.74) is 0.886. The minimum Gasteiger partial charge on any atom is -0.480 e. The van der Waals surface area contributed by atoms with Crippen LogP contribution in [0.2, 0.25) is 0 Å². The number of carbonyl (C=O) groups is 1. The van der Waals surface area contributed by atoms with Gasteiger partial charge in [-0.15, -0.1) is 0 Å². The van der Waals surface area contributed by atoms with E-state index in [2.05, 4.69) is 23.8 Å². The van der Waals surface area contributed by atoms with Crippen LogP contribution in [0.3, 0.4) is 0 Å². The number of hydrogen-bond acceptors (Lipinski definition) is 3. The van der Waals surface area contributed by atoms with E-state index in [1.807, 2.05) is 30.3 Å². The van der Waals surface area contributed by atoms with Gasteiger partial charge in [-0.1, -0.05) is 37.3 Å². The highest BCUT2D eigenvalue weighted by atomic mass is 16.4. The number of piperazine rings is 1. The average Bonchev–Trinajstić information content (AvgIpc) is 2.83. The zero-order chi connectivity index (χ0) is 13.6. The van der Waals surface area contributed by atoms with Gasteiger partial charge >= 0.3 is 5.97 Å². The number of likely N-dealkylation sites (tertiary alicyclic amines) is 2. The van der Waals surface area contributed by atoms with Crippen molar-refractivity contribution < 1.29 is 9.90 Å². The minimum absolute atomic E-state index is 0.358. The molecule has 0 aromatic heterocycles. The number of likely N-dealkylation sites (N-methyl/N-ethyl adjacent to an activating group) is 1. The first-order valence-corrected chi connectivity index (χ1v) is 6.83. The summed E-state index contributed by atoms with van der Waals surface area (Å²) < 4.78 is 0. The van der Waals surface area contributed by atoms with Crippen LogP contribution in [0, 0.1) is 5.92 Å². The highest BCUT2D eigenvalue weighted by molar-refractivity contribution is 5.75. The molecule has 2 aliphatic rings. The van der Waals surface area contributed by atoms with Gasteiger partial charge in [0, 0.05) is 25.2 Å². The predicted molar refractivity (Wildman–Crippen MR) is 72.9 cm³/mol. The molecule has 19 heavy (non-hydrogen) atoms. The molecule has 1 aromatic carbocycles. The molecule has 2 bridgehead atoms. The Morgan fingerprint density at radius 2 is 1.95 bits per heavy atom. The first-order valence-electron chi connectivity index (χ1n) is 6.83. The first kappa shape index (κ1) is 12.6. The summed E-state index contributed by atoms with van der Waals surface area (Å²) in [5, 5.41) is 9.61. The number of benzene rings is 1. The highest BCUT2D eigenvalue weighted by Crippen LogP contribution is 2.39. The lowest BCUT2D eigenvalue weighted by Gasteiger charge is -2.35. The Morgan fingerprint density at radius 1 is 1.26 bits per heavy atom. The monoisotopic (exact) mass is 260 g/mol. The molecule has 0 radical (unpaired) electrons. The molecule has 0 amide bonds. The Kier molecular flexibility index (Phi) is 3.07. The number of aliphatic carboxylic acids is 1. The fourth-order valence-electron chi connectivity index (χ4n) is 3.73. The predicted octanol–water partition coefficient (Wildman–Crippen LogP) is 1.45. The molecule has 2 saturated heterocycles. The van der Waals surface area contributed by atoms with Crippen LogP contribution >= 0.6 is 0 Å². The maximum atomic E-state index is 11.7. The van der Waals surface area contributed by atoms with Crippen molar-refractivity contribution in [2.75, 3.05) is 20.1 Å². The molecule has 1 N–H and O–H groups in total. The van der Waals surface area contributed by atoms with E-state index < -0.39 is 12.0 Å². The SMILES string of the molecule is C[C@@H]1C2CN(C)[C@H]1CN2C(C(=O)O)c1ccccc1. The number of fused-ring (bicyclic) bond motifs is 2. The summed E-state index contributed by atoms with van der Waals surface area (Å²) in [6.45, 7) is 4.07. The smallest absolute Gasteiger partial charge is 0.325 e. The second-order valence-corrected chi connectivity index (χ2v) is 5.78. The molecule has 0 saturated carbocycles. The molecule has 0 spiro atoms. The first-order chi connectivity index (χ1) is 9.09. The summed E-state index contributed by atoms with van der Waals surface area (Å²) in [7, 11) is 2.14. The van der Waals surface area contributed by atoms with Crippen LogP contribution in [0.1, 0.15) is 18.5 Å². The van der Waals surface area contributed by atoms with Gasteiger partial charge in [-0.25, -0.2) is 0 Å². The van der Waals surface area contributed by atoms with Crippen LogP contribution in [0.25, 0.3) is 0 Å². The van der Waals surface area contributed by atoms with Gasteiger partial charge in [-0.05, 0) is 18.5 Å². The number of carboxylic acids is 1. The number of carboxylic acid groups (broad SMARTS) is 1. The summed E-state index contributed by atoms with van der Waals surface area (Å²) in [6, 6.07) is 9.93. The molecule has 4 nitrogen and oxygen atoms in total. The summed E-state index contributed by atoms with van der Waals surface area (Å²) >= 11 is 0. The minimum atomic E-state index is -0.742. The van der Waals surface area contributed by atoms with Crippen molar-refractivity contribution in [3.63, 3.8) is 0 Å². The van der Waals surface area contributed by atoms with Gasteiger partial charge in [0.1, 0.15) is 6.04 Å². The molecule has 4 atom stereocenters. The zero-order valence-electron chi connectivity index (χ0n) is 11.4. The zero-order valence-corrected chi connectivity index (χ0v) is 11.4.